The minimum absolute atomic E-state index is 1.04. The molecule has 1 fully saturated rings. The summed E-state index contributed by atoms with van der Waals surface area (Å²) in [7, 11) is -1.14. The van der Waals surface area contributed by atoms with Crippen molar-refractivity contribution in [2.24, 2.45) is 0 Å². The van der Waals surface area contributed by atoms with Gasteiger partial charge in [-0.2, -0.15) is 0 Å². The Bertz CT molecular complexity index is 119. The zero-order valence-electron chi connectivity index (χ0n) is 8.57. The molecule has 1 aliphatic heterocycles. The van der Waals surface area contributed by atoms with Crippen molar-refractivity contribution in [2.45, 2.75) is 57.7 Å². The summed E-state index contributed by atoms with van der Waals surface area (Å²) in [4.78, 5) is 0. The van der Waals surface area contributed by atoms with E-state index in [2.05, 4.69) is 13.5 Å². The van der Waals surface area contributed by atoms with Gasteiger partial charge in [-0.1, -0.05) is 32.6 Å². The Morgan fingerprint density at radius 2 is 1.83 bits per heavy atom. The molecule has 0 spiro atoms. The Balaban J connectivity index is 2.05. The van der Waals surface area contributed by atoms with Gasteiger partial charge in [-0.3, -0.25) is 0 Å². The number of hydrogen-bond donors (Lipinski definition) is 0. The van der Waals surface area contributed by atoms with E-state index < -0.39 is 8.32 Å². The molecule has 0 unspecified atom stereocenters. The van der Waals surface area contributed by atoms with Crippen molar-refractivity contribution in [3.8, 4) is 0 Å². The maximum Gasteiger partial charge on any atom is 0.189 e. The van der Waals surface area contributed by atoms with Crippen molar-refractivity contribution in [3.05, 3.63) is 0 Å². The van der Waals surface area contributed by atoms with Crippen LogP contribution in [0.1, 0.15) is 39.0 Å². The molecule has 1 saturated heterocycles. The Kier molecular flexibility index (Phi) is 4.30. The molecule has 1 heterocycles. The third-order valence-corrected chi connectivity index (χ3v) is 6.58. The molecule has 0 radical (unpaired) electrons. The monoisotopic (exact) mass is 186 g/mol. The molecule has 0 N–H and O–H groups in total. The average Bonchev–Trinajstić information content (AvgIpc) is 2.47. The SMILES string of the molecule is CCCCCO[Si]1(C)CCCC1. The Morgan fingerprint density at radius 1 is 1.17 bits per heavy atom. The van der Waals surface area contributed by atoms with Crippen molar-refractivity contribution in [1.82, 2.24) is 0 Å². The van der Waals surface area contributed by atoms with Crippen LogP contribution in [-0.4, -0.2) is 14.9 Å². The first kappa shape index (κ1) is 10.3. The van der Waals surface area contributed by atoms with Gasteiger partial charge in [0.1, 0.15) is 0 Å². The molecule has 0 aromatic heterocycles. The Labute approximate surface area is 77.6 Å². The highest BCUT2D eigenvalue weighted by atomic mass is 28.4. The minimum Gasteiger partial charge on any atom is -0.417 e. The van der Waals surface area contributed by atoms with Crippen LogP contribution >= 0.6 is 0 Å². The topological polar surface area (TPSA) is 9.23 Å². The van der Waals surface area contributed by atoms with E-state index in [0.29, 0.717) is 0 Å². The van der Waals surface area contributed by atoms with Gasteiger partial charge in [0, 0.05) is 6.61 Å². The predicted octanol–water partition coefficient (Wildman–Crippen LogP) is 3.56. The van der Waals surface area contributed by atoms with E-state index in [1.54, 1.807) is 0 Å². The lowest BCUT2D eigenvalue weighted by atomic mass is 10.3. The van der Waals surface area contributed by atoms with Crippen LogP contribution in [0.15, 0.2) is 0 Å². The van der Waals surface area contributed by atoms with E-state index in [1.807, 2.05) is 0 Å². The van der Waals surface area contributed by atoms with E-state index in [1.165, 1.54) is 44.2 Å². The highest BCUT2D eigenvalue weighted by Gasteiger charge is 2.32. The molecular weight excluding hydrogens is 164 g/mol. The second-order valence-corrected chi connectivity index (χ2v) is 8.40. The van der Waals surface area contributed by atoms with Crippen LogP contribution in [-0.2, 0) is 4.43 Å². The number of unbranched alkanes of at least 4 members (excludes halogenated alkanes) is 2. The van der Waals surface area contributed by atoms with Crippen molar-refractivity contribution < 1.29 is 4.43 Å². The third-order valence-electron chi connectivity index (χ3n) is 2.86. The normalized spacial score (nSPS) is 21.5. The van der Waals surface area contributed by atoms with Crippen LogP contribution < -0.4 is 0 Å². The zero-order chi connectivity index (χ0) is 8.86. The van der Waals surface area contributed by atoms with Crippen molar-refractivity contribution in [2.75, 3.05) is 6.61 Å². The first-order valence-corrected chi connectivity index (χ1v) is 8.23. The summed E-state index contributed by atoms with van der Waals surface area (Å²) >= 11 is 0. The summed E-state index contributed by atoms with van der Waals surface area (Å²) in [5.41, 5.74) is 0. The maximum atomic E-state index is 6.03. The summed E-state index contributed by atoms with van der Waals surface area (Å²) in [6.07, 6.45) is 6.78. The quantitative estimate of drug-likeness (QED) is 0.471. The zero-order valence-corrected chi connectivity index (χ0v) is 9.57. The molecule has 0 atom stereocenters. The molecule has 2 heteroatoms. The van der Waals surface area contributed by atoms with E-state index in [0.717, 1.165) is 6.61 Å². The van der Waals surface area contributed by atoms with E-state index in [-0.39, 0.29) is 0 Å². The standard InChI is InChI=1S/C10H22OSi/c1-3-4-5-8-11-12(2)9-6-7-10-12/h3-10H2,1-2H3. The predicted molar refractivity (Wildman–Crippen MR) is 55.9 cm³/mol. The van der Waals surface area contributed by atoms with Crippen LogP contribution in [0.5, 0.6) is 0 Å². The summed E-state index contributed by atoms with van der Waals surface area (Å²) in [5, 5.41) is 0. The lowest BCUT2D eigenvalue weighted by molar-refractivity contribution is 0.295. The van der Waals surface area contributed by atoms with Gasteiger partial charge in [0.05, 0.1) is 0 Å². The van der Waals surface area contributed by atoms with E-state index in [9.17, 15) is 0 Å². The van der Waals surface area contributed by atoms with Crippen LogP contribution in [0, 0.1) is 0 Å². The average molecular weight is 186 g/mol. The molecule has 0 saturated carbocycles. The van der Waals surface area contributed by atoms with E-state index in [4.69, 9.17) is 4.43 Å². The largest absolute Gasteiger partial charge is 0.417 e. The van der Waals surface area contributed by atoms with Crippen LogP contribution in [0.25, 0.3) is 0 Å². The number of hydrogen-bond acceptors (Lipinski definition) is 1. The molecule has 0 bridgehead atoms. The van der Waals surface area contributed by atoms with Crippen LogP contribution in [0.3, 0.4) is 0 Å². The van der Waals surface area contributed by atoms with Gasteiger partial charge in [-0.05, 0) is 25.1 Å². The molecule has 0 aromatic rings. The van der Waals surface area contributed by atoms with Gasteiger partial charge in [0.25, 0.3) is 0 Å². The molecule has 1 aliphatic rings. The fourth-order valence-electron chi connectivity index (χ4n) is 1.94. The van der Waals surface area contributed by atoms with E-state index >= 15 is 0 Å². The first-order valence-electron chi connectivity index (χ1n) is 5.41. The number of rotatable bonds is 5. The molecule has 0 aliphatic carbocycles. The van der Waals surface area contributed by atoms with Crippen molar-refractivity contribution in [3.63, 3.8) is 0 Å². The van der Waals surface area contributed by atoms with Gasteiger partial charge in [-0.15, -0.1) is 0 Å². The van der Waals surface area contributed by atoms with Crippen LogP contribution in [0.2, 0.25) is 18.6 Å². The molecule has 1 nitrogen and oxygen atoms in total. The van der Waals surface area contributed by atoms with Gasteiger partial charge in [0.2, 0.25) is 0 Å². The first-order chi connectivity index (χ1) is 5.77. The van der Waals surface area contributed by atoms with Gasteiger partial charge >= 0.3 is 0 Å². The van der Waals surface area contributed by atoms with Gasteiger partial charge in [0.15, 0.2) is 8.32 Å². The molecule has 12 heavy (non-hydrogen) atoms. The van der Waals surface area contributed by atoms with Crippen molar-refractivity contribution >= 4 is 8.32 Å². The van der Waals surface area contributed by atoms with Crippen molar-refractivity contribution in [1.29, 1.82) is 0 Å². The Morgan fingerprint density at radius 3 is 2.42 bits per heavy atom. The maximum absolute atomic E-state index is 6.03. The minimum atomic E-state index is -1.14. The second kappa shape index (κ2) is 5.03. The highest BCUT2D eigenvalue weighted by Crippen LogP contribution is 2.30. The van der Waals surface area contributed by atoms with Crippen LogP contribution in [0.4, 0.5) is 0 Å². The summed E-state index contributed by atoms with van der Waals surface area (Å²) in [6.45, 7) is 5.69. The fraction of sp³-hybridized carbons (Fsp3) is 1.00. The second-order valence-electron chi connectivity index (χ2n) is 4.21. The summed E-state index contributed by atoms with van der Waals surface area (Å²) in [6, 6.07) is 2.83. The summed E-state index contributed by atoms with van der Waals surface area (Å²) in [5.74, 6) is 0. The molecule has 0 amide bonds. The van der Waals surface area contributed by atoms with Gasteiger partial charge in [-0.25, -0.2) is 0 Å². The molecular formula is C10H22OSi. The highest BCUT2D eigenvalue weighted by molar-refractivity contribution is 6.73. The smallest absolute Gasteiger partial charge is 0.189 e. The lowest BCUT2D eigenvalue weighted by Crippen LogP contribution is -2.30. The fourth-order valence-corrected chi connectivity index (χ4v) is 5.11. The van der Waals surface area contributed by atoms with Gasteiger partial charge < -0.3 is 4.43 Å². The molecule has 72 valence electrons. The molecule has 1 rings (SSSR count). The summed E-state index contributed by atoms with van der Waals surface area (Å²) < 4.78 is 6.03. The third kappa shape index (κ3) is 3.28. The molecule has 0 aromatic carbocycles. The Hall–Kier alpha value is 0.177. The lowest BCUT2D eigenvalue weighted by Gasteiger charge is -2.21.